The van der Waals surface area contributed by atoms with Gasteiger partial charge in [-0.3, -0.25) is 14.9 Å². The first-order valence-electron chi connectivity index (χ1n) is 8.57. The number of hydroxylamine groups is 1. The summed E-state index contributed by atoms with van der Waals surface area (Å²) in [5, 5.41) is 18.5. The highest BCUT2D eigenvalue weighted by molar-refractivity contribution is 5.93. The summed E-state index contributed by atoms with van der Waals surface area (Å²) in [6, 6.07) is 12.0. The summed E-state index contributed by atoms with van der Waals surface area (Å²) in [4.78, 5) is 13.6. The van der Waals surface area contributed by atoms with Crippen molar-refractivity contribution >= 4 is 5.91 Å². The third kappa shape index (κ3) is 3.86. The number of carbonyl (C=O) groups excluding carboxylic acids is 1. The first-order chi connectivity index (χ1) is 12.3. The number of nitrogens with one attached hydrogen (secondary N) is 1. The molecule has 1 amide bonds. The van der Waals surface area contributed by atoms with Crippen LogP contribution >= 0.6 is 0 Å². The fourth-order valence-corrected chi connectivity index (χ4v) is 3.59. The fourth-order valence-electron chi connectivity index (χ4n) is 3.59. The molecule has 0 saturated carbocycles. The van der Waals surface area contributed by atoms with Gasteiger partial charge in [0.25, 0.3) is 5.91 Å². The van der Waals surface area contributed by atoms with Crippen molar-refractivity contribution in [3.8, 4) is 5.75 Å². The normalized spacial score (nSPS) is 17.6. The van der Waals surface area contributed by atoms with Crippen molar-refractivity contribution in [3.63, 3.8) is 0 Å². The summed E-state index contributed by atoms with van der Waals surface area (Å²) in [6.45, 7) is 4.07. The number of amides is 1. The maximum atomic E-state index is 14.4. The minimum absolute atomic E-state index is 0.166. The van der Waals surface area contributed by atoms with Crippen LogP contribution in [0.1, 0.15) is 46.9 Å². The van der Waals surface area contributed by atoms with Gasteiger partial charge in [-0.05, 0) is 61.2 Å². The lowest BCUT2D eigenvalue weighted by atomic mass is 9.87. The molecule has 1 unspecified atom stereocenters. The van der Waals surface area contributed by atoms with Crippen molar-refractivity contribution in [2.75, 3.05) is 13.1 Å². The number of fused-ring (bicyclic) bond motifs is 1. The van der Waals surface area contributed by atoms with Crippen molar-refractivity contribution in [2.45, 2.75) is 32.0 Å². The SMILES string of the molecule is CC(C)(F)CN1CCc2cc(O)ccc2C1c1ccc(C(=O)NO)cc1. The lowest BCUT2D eigenvalue weighted by Crippen LogP contribution is -2.42. The van der Waals surface area contributed by atoms with Crippen molar-refractivity contribution in [1.82, 2.24) is 10.4 Å². The highest BCUT2D eigenvalue weighted by atomic mass is 19.1. The molecule has 1 aliphatic rings. The second kappa shape index (κ2) is 7.05. The molecule has 1 heterocycles. The Morgan fingerprint density at radius 1 is 1.27 bits per heavy atom. The van der Waals surface area contributed by atoms with E-state index >= 15 is 0 Å². The van der Waals surface area contributed by atoms with Gasteiger partial charge in [-0.2, -0.15) is 0 Å². The third-order valence-electron chi connectivity index (χ3n) is 4.62. The molecule has 0 saturated heterocycles. The monoisotopic (exact) mass is 358 g/mol. The van der Waals surface area contributed by atoms with Crippen LogP contribution in [0.4, 0.5) is 4.39 Å². The van der Waals surface area contributed by atoms with Crippen LogP contribution in [0, 0.1) is 0 Å². The van der Waals surface area contributed by atoms with Gasteiger partial charge in [-0.15, -0.1) is 0 Å². The summed E-state index contributed by atoms with van der Waals surface area (Å²) in [7, 11) is 0. The molecule has 0 radical (unpaired) electrons. The van der Waals surface area contributed by atoms with Gasteiger partial charge in [0.1, 0.15) is 11.4 Å². The smallest absolute Gasteiger partial charge is 0.274 e. The quantitative estimate of drug-likeness (QED) is 0.580. The maximum Gasteiger partial charge on any atom is 0.274 e. The van der Waals surface area contributed by atoms with Crippen LogP contribution in [0.25, 0.3) is 0 Å². The molecule has 0 aliphatic carbocycles. The molecule has 0 fully saturated rings. The molecule has 138 valence electrons. The van der Waals surface area contributed by atoms with E-state index in [0.29, 0.717) is 12.1 Å². The van der Waals surface area contributed by atoms with Crippen molar-refractivity contribution in [3.05, 3.63) is 64.7 Å². The maximum absolute atomic E-state index is 14.4. The lowest BCUT2D eigenvalue weighted by Gasteiger charge is -2.40. The van der Waals surface area contributed by atoms with Gasteiger partial charge >= 0.3 is 0 Å². The molecule has 1 aliphatic heterocycles. The van der Waals surface area contributed by atoms with Gasteiger partial charge in [-0.1, -0.05) is 18.2 Å². The molecule has 3 rings (SSSR count). The largest absolute Gasteiger partial charge is 0.508 e. The fraction of sp³-hybridized carbons (Fsp3) is 0.350. The number of nitrogens with zero attached hydrogens (tertiary/aromatic N) is 1. The molecule has 1 atom stereocenters. The number of hydrogen-bond acceptors (Lipinski definition) is 4. The molecule has 0 aromatic heterocycles. The van der Waals surface area contributed by atoms with Crippen LogP contribution in [-0.2, 0) is 6.42 Å². The number of carbonyl (C=O) groups is 1. The minimum atomic E-state index is -1.34. The predicted molar refractivity (Wildman–Crippen MR) is 96.1 cm³/mol. The highest BCUT2D eigenvalue weighted by Crippen LogP contribution is 2.37. The van der Waals surface area contributed by atoms with E-state index in [1.54, 1.807) is 43.6 Å². The zero-order chi connectivity index (χ0) is 18.9. The van der Waals surface area contributed by atoms with E-state index in [2.05, 4.69) is 4.90 Å². The Morgan fingerprint density at radius 3 is 2.58 bits per heavy atom. The molecule has 0 spiro atoms. The summed E-state index contributed by atoms with van der Waals surface area (Å²) in [5.74, 6) is -0.357. The molecule has 26 heavy (non-hydrogen) atoms. The standard InChI is InChI=1S/C20H23FN2O3/c1-20(2,21)12-23-10-9-15-11-16(24)7-8-17(15)18(23)13-3-5-14(6-4-13)19(25)22-26/h3-8,11,18,24,26H,9-10,12H2,1-2H3,(H,22,25). The molecule has 3 N–H and O–H groups in total. The van der Waals surface area contributed by atoms with Crippen molar-refractivity contribution < 1.29 is 19.5 Å². The van der Waals surface area contributed by atoms with E-state index in [1.807, 2.05) is 18.2 Å². The third-order valence-corrected chi connectivity index (χ3v) is 4.62. The van der Waals surface area contributed by atoms with Crippen LogP contribution in [0.3, 0.4) is 0 Å². The van der Waals surface area contributed by atoms with E-state index in [-0.39, 0.29) is 18.3 Å². The van der Waals surface area contributed by atoms with Crippen LogP contribution in [-0.4, -0.2) is 39.9 Å². The molecule has 2 aromatic rings. The molecule has 2 aromatic carbocycles. The number of halogens is 1. The van der Waals surface area contributed by atoms with Crippen LogP contribution in [0.2, 0.25) is 0 Å². The second-order valence-electron chi connectivity index (χ2n) is 7.29. The minimum Gasteiger partial charge on any atom is -0.508 e. The van der Waals surface area contributed by atoms with Gasteiger partial charge in [0.2, 0.25) is 0 Å². The number of phenolic OH excluding ortho intramolecular Hbond substituents is 1. The zero-order valence-corrected chi connectivity index (χ0v) is 14.9. The number of benzene rings is 2. The van der Waals surface area contributed by atoms with E-state index in [4.69, 9.17) is 5.21 Å². The van der Waals surface area contributed by atoms with Gasteiger partial charge in [-0.25, -0.2) is 9.87 Å². The summed E-state index contributed by atoms with van der Waals surface area (Å²) >= 11 is 0. The molecule has 6 heteroatoms. The Bertz CT molecular complexity index is 800. The van der Waals surface area contributed by atoms with E-state index in [0.717, 1.165) is 23.1 Å². The Hall–Kier alpha value is -2.44. The van der Waals surface area contributed by atoms with Crippen LogP contribution in [0.15, 0.2) is 42.5 Å². The average molecular weight is 358 g/mol. The van der Waals surface area contributed by atoms with E-state index in [9.17, 15) is 14.3 Å². The van der Waals surface area contributed by atoms with Gasteiger partial charge in [0.05, 0.1) is 6.04 Å². The first kappa shape index (κ1) is 18.4. The van der Waals surface area contributed by atoms with E-state index in [1.165, 1.54) is 0 Å². The Balaban J connectivity index is 2.02. The highest BCUT2D eigenvalue weighted by Gasteiger charge is 2.32. The van der Waals surface area contributed by atoms with Gasteiger partial charge in [0, 0.05) is 18.7 Å². The van der Waals surface area contributed by atoms with Gasteiger partial charge < -0.3 is 5.11 Å². The van der Waals surface area contributed by atoms with Crippen molar-refractivity contribution in [2.24, 2.45) is 0 Å². The summed E-state index contributed by atoms with van der Waals surface area (Å²) in [6.07, 6.45) is 0.737. The number of alkyl halides is 1. The molecular formula is C20H23FN2O3. The van der Waals surface area contributed by atoms with Crippen LogP contribution in [0.5, 0.6) is 5.75 Å². The molecule has 0 bridgehead atoms. The molecular weight excluding hydrogens is 335 g/mol. The predicted octanol–water partition coefficient (Wildman–Crippen LogP) is 3.21. The number of rotatable bonds is 4. The summed E-state index contributed by atoms with van der Waals surface area (Å²) < 4.78 is 14.4. The molecule has 5 nitrogen and oxygen atoms in total. The number of hydrogen-bond donors (Lipinski definition) is 3. The van der Waals surface area contributed by atoms with E-state index < -0.39 is 11.6 Å². The van der Waals surface area contributed by atoms with Gasteiger partial charge in [0.15, 0.2) is 0 Å². The van der Waals surface area contributed by atoms with Crippen LogP contribution < -0.4 is 5.48 Å². The topological polar surface area (TPSA) is 72.8 Å². The second-order valence-corrected chi connectivity index (χ2v) is 7.29. The number of aromatic hydroxyl groups is 1. The first-order valence-corrected chi connectivity index (χ1v) is 8.57. The number of phenols is 1. The Morgan fingerprint density at radius 2 is 1.96 bits per heavy atom. The Labute approximate surface area is 152 Å². The van der Waals surface area contributed by atoms with Crippen molar-refractivity contribution in [1.29, 1.82) is 0 Å². The zero-order valence-electron chi connectivity index (χ0n) is 14.9. The average Bonchev–Trinajstić information content (AvgIpc) is 2.60. The summed E-state index contributed by atoms with van der Waals surface area (Å²) in [5.41, 5.74) is 3.61. The Kier molecular flexibility index (Phi) is 4.98. The lowest BCUT2D eigenvalue weighted by molar-refractivity contribution is 0.0706.